The Morgan fingerprint density at radius 3 is 2.48 bits per heavy atom. The molecule has 0 spiro atoms. The third-order valence-electron chi connectivity index (χ3n) is 4.73. The number of hydrogen-bond donors (Lipinski definition) is 1. The molecule has 0 unspecified atom stereocenters. The van der Waals surface area contributed by atoms with Gasteiger partial charge in [-0.2, -0.15) is 9.67 Å². The molecule has 0 atom stereocenters. The lowest BCUT2D eigenvalue weighted by Crippen LogP contribution is -2.44. The maximum Gasteiger partial charge on any atom is 0.281 e. The van der Waals surface area contributed by atoms with Gasteiger partial charge < -0.3 is 15.5 Å². The molecule has 2 aromatic heterocycles. The summed E-state index contributed by atoms with van der Waals surface area (Å²) in [6, 6.07) is 11.1. The van der Waals surface area contributed by atoms with Crippen molar-refractivity contribution in [3.8, 4) is 11.4 Å². The van der Waals surface area contributed by atoms with E-state index in [4.69, 9.17) is 5.73 Å². The van der Waals surface area contributed by atoms with E-state index < -0.39 is 0 Å². The van der Waals surface area contributed by atoms with Crippen LogP contribution in [0.1, 0.15) is 10.4 Å². The fourth-order valence-corrected chi connectivity index (χ4v) is 3.09. The zero-order chi connectivity index (χ0) is 18.8. The number of anilines is 2. The Balaban J connectivity index is 1.54. The van der Waals surface area contributed by atoms with E-state index in [2.05, 4.69) is 31.9 Å². The first-order chi connectivity index (χ1) is 13.1. The standard InChI is InChI=1S/C19H21N7O/c1-24-9-11-25(12-10-24)16-6-4-14(5-7-16)18(27)26-19(20)22-17(23-26)15-3-2-8-21-13-15/h2-8,13H,9-12H2,1H3,(H2,20,22,23). The van der Waals surface area contributed by atoms with E-state index >= 15 is 0 Å². The van der Waals surface area contributed by atoms with Crippen LogP contribution in [0.15, 0.2) is 48.8 Å². The monoisotopic (exact) mass is 363 g/mol. The summed E-state index contributed by atoms with van der Waals surface area (Å²) in [4.78, 5) is 25.6. The molecule has 1 aromatic carbocycles. The van der Waals surface area contributed by atoms with Crippen molar-refractivity contribution in [3.63, 3.8) is 0 Å². The highest BCUT2D eigenvalue weighted by atomic mass is 16.2. The largest absolute Gasteiger partial charge is 0.369 e. The van der Waals surface area contributed by atoms with Gasteiger partial charge in [0.25, 0.3) is 5.91 Å². The van der Waals surface area contributed by atoms with Crippen molar-refractivity contribution in [1.29, 1.82) is 0 Å². The van der Waals surface area contributed by atoms with Gasteiger partial charge in [0.2, 0.25) is 5.95 Å². The summed E-state index contributed by atoms with van der Waals surface area (Å²) in [5.41, 5.74) is 8.25. The number of rotatable bonds is 3. The average Bonchev–Trinajstić information content (AvgIpc) is 3.10. The van der Waals surface area contributed by atoms with Crippen molar-refractivity contribution in [2.45, 2.75) is 0 Å². The third kappa shape index (κ3) is 3.52. The van der Waals surface area contributed by atoms with Crippen LogP contribution in [0, 0.1) is 0 Å². The van der Waals surface area contributed by atoms with E-state index in [-0.39, 0.29) is 11.9 Å². The molecule has 1 fully saturated rings. The molecule has 2 N–H and O–H groups in total. The van der Waals surface area contributed by atoms with Crippen LogP contribution in [0.25, 0.3) is 11.4 Å². The number of carbonyl (C=O) groups is 1. The van der Waals surface area contributed by atoms with Gasteiger partial charge >= 0.3 is 0 Å². The van der Waals surface area contributed by atoms with Gasteiger partial charge in [-0.1, -0.05) is 0 Å². The fourth-order valence-electron chi connectivity index (χ4n) is 3.09. The van der Waals surface area contributed by atoms with E-state index in [1.54, 1.807) is 30.6 Å². The van der Waals surface area contributed by atoms with Crippen LogP contribution < -0.4 is 10.6 Å². The first-order valence-corrected chi connectivity index (χ1v) is 8.83. The van der Waals surface area contributed by atoms with Gasteiger partial charge in [-0.05, 0) is 43.4 Å². The average molecular weight is 363 g/mol. The minimum atomic E-state index is -0.305. The van der Waals surface area contributed by atoms with Gasteiger partial charge in [0.15, 0.2) is 5.82 Å². The molecule has 27 heavy (non-hydrogen) atoms. The quantitative estimate of drug-likeness (QED) is 0.751. The Labute approximate surface area is 157 Å². The molecule has 0 aliphatic carbocycles. The highest BCUT2D eigenvalue weighted by Gasteiger charge is 2.18. The predicted octanol–water partition coefficient (Wildman–Crippen LogP) is 1.36. The lowest BCUT2D eigenvalue weighted by atomic mass is 10.1. The molecule has 8 heteroatoms. The van der Waals surface area contributed by atoms with Crippen LogP contribution >= 0.6 is 0 Å². The van der Waals surface area contributed by atoms with Gasteiger partial charge in [-0.25, -0.2) is 0 Å². The van der Waals surface area contributed by atoms with E-state index in [1.165, 1.54) is 0 Å². The van der Waals surface area contributed by atoms with Crippen molar-refractivity contribution >= 4 is 17.5 Å². The smallest absolute Gasteiger partial charge is 0.281 e. The maximum absolute atomic E-state index is 12.8. The van der Waals surface area contributed by atoms with Crippen molar-refractivity contribution in [2.75, 3.05) is 43.9 Å². The Kier molecular flexibility index (Phi) is 4.55. The number of nitrogens with zero attached hydrogens (tertiary/aromatic N) is 6. The van der Waals surface area contributed by atoms with Crippen LogP contribution in [-0.2, 0) is 0 Å². The summed E-state index contributed by atoms with van der Waals surface area (Å²) in [6.07, 6.45) is 3.30. The summed E-state index contributed by atoms with van der Waals surface area (Å²) >= 11 is 0. The molecule has 0 amide bonds. The van der Waals surface area contributed by atoms with Crippen molar-refractivity contribution in [1.82, 2.24) is 24.6 Å². The summed E-state index contributed by atoms with van der Waals surface area (Å²) < 4.78 is 1.13. The Morgan fingerprint density at radius 1 is 1.07 bits per heavy atom. The van der Waals surface area contributed by atoms with Crippen LogP contribution in [0.4, 0.5) is 11.6 Å². The van der Waals surface area contributed by atoms with Crippen LogP contribution in [0.3, 0.4) is 0 Å². The topological polar surface area (TPSA) is 93.2 Å². The molecule has 0 radical (unpaired) electrons. The molecular formula is C19H21N7O. The summed E-state index contributed by atoms with van der Waals surface area (Å²) in [6.45, 7) is 4.03. The molecule has 1 aliphatic heterocycles. The third-order valence-corrected chi connectivity index (χ3v) is 4.73. The molecule has 8 nitrogen and oxygen atoms in total. The SMILES string of the molecule is CN1CCN(c2ccc(C(=O)n3nc(-c4cccnc4)nc3N)cc2)CC1. The number of likely N-dealkylation sites (N-methyl/N-ethyl adjacent to an activating group) is 1. The van der Waals surface area contributed by atoms with Gasteiger partial charge in [0, 0.05) is 55.4 Å². The van der Waals surface area contributed by atoms with E-state index in [9.17, 15) is 4.79 Å². The first-order valence-electron chi connectivity index (χ1n) is 8.83. The molecule has 1 aliphatic rings. The number of pyridine rings is 1. The molecule has 0 bridgehead atoms. The number of carbonyl (C=O) groups excluding carboxylic acids is 1. The molecule has 3 aromatic rings. The zero-order valence-electron chi connectivity index (χ0n) is 15.1. The van der Waals surface area contributed by atoms with Crippen molar-refractivity contribution < 1.29 is 4.79 Å². The van der Waals surface area contributed by atoms with Gasteiger partial charge in [-0.15, -0.1) is 5.10 Å². The van der Waals surface area contributed by atoms with E-state index in [0.717, 1.165) is 36.5 Å². The summed E-state index contributed by atoms with van der Waals surface area (Å²) in [5, 5.41) is 4.25. The normalized spacial score (nSPS) is 15.1. The molecule has 1 saturated heterocycles. The Bertz CT molecular complexity index is 928. The van der Waals surface area contributed by atoms with Crippen LogP contribution in [0.5, 0.6) is 0 Å². The fraction of sp³-hybridized carbons (Fsp3) is 0.263. The molecular weight excluding hydrogens is 342 g/mol. The lowest BCUT2D eigenvalue weighted by Gasteiger charge is -2.34. The van der Waals surface area contributed by atoms with Crippen molar-refractivity contribution in [2.24, 2.45) is 0 Å². The second-order valence-corrected chi connectivity index (χ2v) is 6.59. The highest BCUT2D eigenvalue weighted by molar-refractivity contribution is 5.97. The molecule has 3 heterocycles. The van der Waals surface area contributed by atoms with Crippen LogP contribution in [0.2, 0.25) is 0 Å². The summed E-state index contributed by atoms with van der Waals surface area (Å²) in [7, 11) is 2.13. The number of nitrogens with two attached hydrogens (primary N) is 1. The second-order valence-electron chi connectivity index (χ2n) is 6.59. The Hall–Kier alpha value is -3.26. The van der Waals surface area contributed by atoms with Crippen LogP contribution in [-0.4, -0.2) is 63.8 Å². The van der Waals surface area contributed by atoms with Gasteiger partial charge in [0.1, 0.15) is 0 Å². The summed E-state index contributed by atoms with van der Waals surface area (Å²) in [5.74, 6) is 0.130. The van der Waals surface area contributed by atoms with Crippen molar-refractivity contribution in [3.05, 3.63) is 54.4 Å². The molecule has 4 rings (SSSR count). The van der Waals surface area contributed by atoms with E-state index in [1.807, 2.05) is 18.2 Å². The Morgan fingerprint density at radius 2 is 1.81 bits per heavy atom. The maximum atomic E-state index is 12.8. The first kappa shape index (κ1) is 17.2. The van der Waals surface area contributed by atoms with Gasteiger partial charge in [0.05, 0.1) is 0 Å². The molecule has 0 saturated carbocycles. The van der Waals surface area contributed by atoms with E-state index in [0.29, 0.717) is 17.0 Å². The highest BCUT2D eigenvalue weighted by Crippen LogP contribution is 2.19. The number of aromatic nitrogens is 4. The second kappa shape index (κ2) is 7.16. The van der Waals surface area contributed by atoms with Gasteiger partial charge in [-0.3, -0.25) is 9.78 Å². The number of hydrogen-bond acceptors (Lipinski definition) is 7. The number of piperazine rings is 1. The number of benzene rings is 1. The number of nitrogen functional groups attached to an aromatic ring is 1. The predicted molar refractivity (Wildman–Crippen MR) is 104 cm³/mol. The zero-order valence-corrected chi connectivity index (χ0v) is 15.1. The minimum Gasteiger partial charge on any atom is -0.369 e. The lowest BCUT2D eigenvalue weighted by molar-refractivity contribution is 0.0948. The minimum absolute atomic E-state index is 0.0574. The molecule has 138 valence electrons.